The summed E-state index contributed by atoms with van der Waals surface area (Å²) in [7, 11) is 0. The number of carbonyl (C=O) groups is 2. The lowest BCUT2D eigenvalue weighted by molar-refractivity contribution is -0.276. The zero-order valence-corrected chi connectivity index (χ0v) is 29.0. The first-order chi connectivity index (χ1) is 24.9. The van der Waals surface area contributed by atoms with Gasteiger partial charge >= 0.3 is 6.03 Å². The van der Waals surface area contributed by atoms with Crippen LogP contribution in [0.3, 0.4) is 0 Å². The summed E-state index contributed by atoms with van der Waals surface area (Å²) >= 11 is 0. The summed E-state index contributed by atoms with van der Waals surface area (Å²) in [5.41, 5.74) is 5.33. The Morgan fingerprint density at radius 1 is 0.804 bits per heavy atom. The molecule has 3 aliphatic rings. The minimum atomic E-state index is -0.588. The summed E-state index contributed by atoms with van der Waals surface area (Å²) in [5.74, 6) is 0.158. The molecule has 266 valence electrons. The van der Waals surface area contributed by atoms with Crippen LogP contribution in [0.25, 0.3) is 0 Å². The lowest BCUT2D eigenvalue weighted by Crippen LogP contribution is -2.57. The Morgan fingerprint density at radius 3 is 2.04 bits per heavy atom. The van der Waals surface area contributed by atoms with Crippen molar-refractivity contribution in [1.82, 2.24) is 20.9 Å². The fourth-order valence-electron chi connectivity index (χ4n) is 7.54. The maximum Gasteiger partial charge on any atom is 0.315 e. The van der Waals surface area contributed by atoms with Gasteiger partial charge in [-0.05, 0) is 47.2 Å². The van der Waals surface area contributed by atoms with Gasteiger partial charge in [0, 0.05) is 49.9 Å². The third-order valence-electron chi connectivity index (χ3n) is 10.7. The fourth-order valence-corrected chi connectivity index (χ4v) is 7.54. The van der Waals surface area contributed by atoms with E-state index < -0.39 is 11.8 Å². The van der Waals surface area contributed by atoms with Gasteiger partial charge in [0.2, 0.25) is 5.91 Å². The molecular formula is C41H47N5O5. The van der Waals surface area contributed by atoms with E-state index in [0.717, 1.165) is 66.0 Å². The Hall–Kier alpha value is -4.74. The standard InChI is InChI=1S/C41H47N5O5/c1-29-36(26-45-22-20-41(21-23-45)39(48)44-28-46(41)35-10-6-3-7-11-35)50-38(51-37(29)33-16-14-32(27-47)15-17-33)34-18-12-31(13-19-34)25-43-40(49)42-24-30-8-4-2-5-9-30/h2-19,29,36-38,47H,20-28H2,1H3,(H,44,48)(H2,42,43,49). The lowest BCUT2D eigenvalue weighted by Gasteiger charge is -2.46. The molecule has 0 saturated carbocycles. The number of carbonyl (C=O) groups excluding carboxylic acids is 2. The first kappa shape index (κ1) is 34.7. The minimum Gasteiger partial charge on any atom is -0.392 e. The summed E-state index contributed by atoms with van der Waals surface area (Å²) in [6.07, 6.45) is 0.538. The van der Waals surface area contributed by atoms with Gasteiger partial charge in [-0.15, -0.1) is 0 Å². The van der Waals surface area contributed by atoms with E-state index in [1.54, 1.807) is 0 Å². The second kappa shape index (κ2) is 15.7. The summed E-state index contributed by atoms with van der Waals surface area (Å²) in [6.45, 7) is 5.83. The van der Waals surface area contributed by atoms with Crippen LogP contribution in [0.5, 0.6) is 0 Å². The average molecular weight is 690 g/mol. The molecule has 4 atom stereocenters. The maximum absolute atomic E-state index is 13.3. The molecule has 4 aromatic rings. The number of urea groups is 1. The highest BCUT2D eigenvalue weighted by molar-refractivity contribution is 5.93. The van der Waals surface area contributed by atoms with Crippen molar-refractivity contribution >= 4 is 17.6 Å². The molecule has 10 nitrogen and oxygen atoms in total. The van der Waals surface area contributed by atoms with Crippen molar-refractivity contribution < 1.29 is 24.2 Å². The molecule has 3 saturated heterocycles. The van der Waals surface area contributed by atoms with Crippen LogP contribution >= 0.6 is 0 Å². The monoisotopic (exact) mass is 689 g/mol. The van der Waals surface area contributed by atoms with E-state index in [0.29, 0.717) is 19.8 Å². The van der Waals surface area contributed by atoms with E-state index in [-0.39, 0.29) is 36.7 Å². The van der Waals surface area contributed by atoms with Gasteiger partial charge in [0.25, 0.3) is 0 Å². The van der Waals surface area contributed by atoms with E-state index in [1.807, 2.05) is 97.1 Å². The quantitative estimate of drug-likeness (QED) is 0.176. The van der Waals surface area contributed by atoms with Gasteiger partial charge in [0.05, 0.1) is 25.5 Å². The Bertz CT molecular complexity index is 1750. The van der Waals surface area contributed by atoms with Gasteiger partial charge in [0.15, 0.2) is 6.29 Å². The zero-order chi connectivity index (χ0) is 35.2. The number of nitrogens with one attached hydrogen (secondary N) is 3. The Kier molecular flexibility index (Phi) is 10.6. The van der Waals surface area contributed by atoms with Crippen LogP contribution in [0.2, 0.25) is 0 Å². The third-order valence-corrected chi connectivity index (χ3v) is 10.7. The van der Waals surface area contributed by atoms with Crippen molar-refractivity contribution in [2.75, 3.05) is 31.2 Å². The van der Waals surface area contributed by atoms with Gasteiger partial charge in [-0.3, -0.25) is 4.79 Å². The van der Waals surface area contributed by atoms with Gasteiger partial charge in [-0.2, -0.15) is 0 Å². The fraction of sp³-hybridized carbons (Fsp3) is 0.366. The van der Waals surface area contributed by atoms with E-state index in [9.17, 15) is 14.7 Å². The average Bonchev–Trinajstić information content (AvgIpc) is 3.50. The van der Waals surface area contributed by atoms with Crippen molar-refractivity contribution in [3.05, 3.63) is 137 Å². The van der Waals surface area contributed by atoms with E-state index >= 15 is 0 Å². The molecule has 3 amide bonds. The number of hydrogen-bond acceptors (Lipinski definition) is 7. The van der Waals surface area contributed by atoms with Crippen LogP contribution in [0.15, 0.2) is 109 Å². The zero-order valence-electron chi connectivity index (χ0n) is 29.0. The smallest absolute Gasteiger partial charge is 0.315 e. The number of aliphatic hydroxyl groups excluding tert-OH is 1. The first-order valence-corrected chi connectivity index (χ1v) is 17.9. The molecule has 4 N–H and O–H groups in total. The van der Waals surface area contributed by atoms with Gasteiger partial charge in [-0.1, -0.05) is 104 Å². The number of hydrogen-bond donors (Lipinski definition) is 4. The number of likely N-dealkylation sites (tertiary alicyclic amines) is 1. The number of piperidine rings is 1. The summed E-state index contributed by atoms with van der Waals surface area (Å²) in [6, 6.07) is 35.7. The molecule has 7 rings (SSSR count). The number of rotatable bonds is 10. The Balaban J connectivity index is 1.02. The number of para-hydroxylation sites is 1. The van der Waals surface area contributed by atoms with E-state index in [4.69, 9.17) is 9.47 Å². The van der Waals surface area contributed by atoms with Crippen LogP contribution in [0.1, 0.15) is 60.0 Å². The van der Waals surface area contributed by atoms with E-state index in [1.165, 1.54) is 0 Å². The molecule has 0 aromatic heterocycles. The molecule has 4 aromatic carbocycles. The molecular weight excluding hydrogens is 642 g/mol. The summed E-state index contributed by atoms with van der Waals surface area (Å²) in [5, 5.41) is 18.6. The maximum atomic E-state index is 13.3. The van der Waals surface area contributed by atoms with Gasteiger partial charge < -0.3 is 40.3 Å². The molecule has 4 unspecified atom stereocenters. The van der Waals surface area contributed by atoms with Crippen molar-refractivity contribution in [3.63, 3.8) is 0 Å². The van der Waals surface area contributed by atoms with Gasteiger partial charge in [-0.25, -0.2) is 4.79 Å². The molecule has 51 heavy (non-hydrogen) atoms. The molecule has 0 bridgehead atoms. The predicted molar refractivity (Wildman–Crippen MR) is 195 cm³/mol. The first-order valence-electron chi connectivity index (χ1n) is 17.9. The summed E-state index contributed by atoms with van der Waals surface area (Å²) < 4.78 is 13.4. The van der Waals surface area contributed by atoms with Gasteiger partial charge in [0.1, 0.15) is 5.54 Å². The lowest BCUT2D eigenvalue weighted by atomic mass is 9.84. The second-order valence-electron chi connectivity index (χ2n) is 13.8. The largest absolute Gasteiger partial charge is 0.392 e. The van der Waals surface area contributed by atoms with Crippen molar-refractivity contribution in [1.29, 1.82) is 0 Å². The highest BCUT2D eigenvalue weighted by Gasteiger charge is 2.51. The van der Waals surface area contributed by atoms with Crippen LogP contribution < -0.4 is 20.9 Å². The topological polar surface area (TPSA) is 115 Å². The molecule has 3 heterocycles. The van der Waals surface area contributed by atoms with Crippen LogP contribution in [0.4, 0.5) is 10.5 Å². The van der Waals surface area contributed by atoms with Crippen LogP contribution in [-0.4, -0.2) is 59.9 Å². The van der Waals surface area contributed by atoms with Crippen molar-refractivity contribution in [2.24, 2.45) is 5.92 Å². The SMILES string of the molecule is CC1C(CN2CCC3(CC2)C(=O)NCN3c2ccccc2)OC(c2ccc(CNC(=O)NCc3ccccc3)cc2)OC1c1ccc(CO)cc1. The number of aliphatic hydroxyl groups is 1. The molecule has 3 aliphatic heterocycles. The molecule has 0 aliphatic carbocycles. The van der Waals surface area contributed by atoms with E-state index in [2.05, 4.69) is 44.8 Å². The number of anilines is 1. The van der Waals surface area contributed by atoms with Crippen LogP contribution in [-0.2, 0) is 34.0 Å². The van der Waals surface area contributed by atoms with Crippen LogP contribution in [0, 0.1) is 5.92 Å². The second-order valence-corrected chi connectivity index (χ2v) is 13.8. The summed E-state index contributed by atoms with van der Waals surface area (Å²) in [4.78, 5) is 30.3. The normalized spacial score (nSPS) is 23.2. The number of ether oxygens (including phenoxy) is 2. The van der Waals surface area contributed by atoms with Crippen molar-refractivity contribution in [3.8, 4) is 0 Å². The molecule has 3 fully saturated rings. The number of amides is 3. The minimum absolute atomic E-state index is 0.0121. The predicted octanol–water partition coefficient (Wildman–Crippen LogP) is 5.40. The molecule has 1 spiro atoms. The third kappa shape index (κ3) is 7.79. The number of nitrogens with zero attached hydrogens (tertiary/aromatic N) is 2. The van der Waals surface area contributed by atoms with Crippen molar-refractivity contribution in [2.45, 2.75) is 63.5 Å². The Labute approximate surface area is 299 Å². The molecule has 0 radical (unpaired) electrons. The molecule has 10 heteroatoms. The Morgan fingerprint density at radius 2 is 1.39 bits per heavy atom. The highest BCUT2D eigenvalue weighted by atomic mass is 16.7. The highest BCUT2D eigenvalue weighted by Crippen LogP contribution is 2.43. The number of benzene rings is 4.